The number of carboxylic acid groups (broad SMARTS) is 2. The molecule has 0 bridgehead atoms. The predicted octanol–water partition coefficient (Wildman–Crippen LogP) is -1.36. The maximum Gasteiger partial charge on any atom is 0.326 e. The summed E-state index contributed by atoms with van der Waals surface area (Å²) in [6.45, 7) is 4.67. The van der Waals surface area contributed by atoms with E-state index in [-0.39, 0.29) is 38.0 Å². The van der Waals surface area contributed by atoms with E-state index in [0.29, 0.717) is 64.6 Å². The van der Waals surface area contributed by atoms with Crippen molar-refractivity contribution in [1.29, 1.82) is 0 Å². The molecule has 45 heavy (non-hydrogen) atoms. The molecule has 0 aromatic rings. The van der Waals surface area contributed by atoms with E-state index in [1.807, 2.05) is 6.92 Å². The van der Waals surface area contributed by atoms with Crippen molar-refractivity contribution in [3.63, 3.8) is 0 Å². The molecular weight excluding hydrogens is 588 g/mol. The lowest BCUT2D eigenvalue weighted by Crippen LogP contribution is -2.59. The highest BCUT2D eigenvalue weighted by molar-refractivity contribution is 5.95. The van der Waals surface area contributed by atoms with Crippen LogP contribution in [0.4, 0.5) is 0 Å². The van der Waals surface area contributed by atoms with Crippen LogP contribution in [0.3, 0.4) is 0 Å². The lowest BCUT2D eigenvalue weighted by atomic mass is 9.96. The van der Waals surface area contributed by atoms with Crippen molar-refractivity contribution in [2.45, 2.75) is 121 Å². The molecular formula is C29H56N8O8. The molecule has 260 valence electrons. The third-order valence-electron chi connectivity index (χ3n) is 7.52. The zero-order chi connectivity index (χ0) is 34.4. The van der Waals surface area contributed by atoms with Crippen molar-refractivity contribution in [2.75, 3.05) is 19.6 Å². The van der Waals surface area contributed by atoms with Crippen LogP contribution in [0.2, 0.25) is 0 Å². The third-order valence-corrected chi connectivity index (χ3v) is 7.52. The van der Waals surface area contributed by atoms with E-state index in [1.54, 1.807) is 6.92 Å². The van der Waals surface area contributed by atoms with Gasteiger partial charge in [0.2, 0.25) is 23.6 Å². The first kappa shape index (κ1) is 41.7. The lowest BCUT2D eigenvalue weighted by molar-refractivity contribution is -0.143. The number of carbonyl (C=O) groups excluding carboxylic acids is 4. The van der Waals surface area contributed by atoms with Gasteiger partial charge in [-0.15, -0.1) is 0 Å². The Kier molecular flexibility index (Phi) is 22.2. The van der Waals surface area contributed by atoms with Gasteiger partial charge in [0.05, 0.1) is 6.04 Å². The SMILES string of the molecule is CC[C@H](C)[C@H](NC(=O)[C@H](CCCCN)NC(=O)[C@H](CCCCN)NC(=O)[C@@H](N)CCC(=O)O)C(=O)N[C@@H](CCCCN)C(=O)O. The first-order chi connectivity index (χ1) is 21.3. The minimum atomic E-state index is -1.20. The Bertz CT molecular complexity index is 938. The Hall–Kier alpha value is -3.34. The molecule has 0 rings (SSSR count). The number of carbonyl (C=O) groups is 6. The molecule has 0 aliphatic rings. The van der Waals surface area contributed by atoms with E-state index >= 15 is 0 Å². The Morgan fingerprint density at radius 1 is 0.600 bits per heavy atom. The summed E-state index contributed by atoms with van der Waals surface area (Å²) in [5.74, 6) is -5.37. The van der Waals surface area contributed by atoms with E-state index in [4.69, 9.17) is 28.0 Å². The van der Waals surface area contributed by atoms with Crippen LogP contribution in [-0.4, -0.2) is 95.6 Å². The van der Waals surface area contributed by atoms with Crippen LogP contribution in [0.1, 0.15) is 90.9 Å². The Morgan fingerprint density at radius 2 is 1.02 bits per heavy atom. The lowest BCUT2D eigenvalue weighted by Gasteiger charge is -2.29. The molecule has 0 saturated heterocycles. The predicted molar refractivity (Wildman–Crippen MR) is 168 cm³/mol. The summed E-state index contributed by atoms with van der Waals surface area (Å²) >= 11 is 0. The Balaban J connectivity index is 5.91. The Labute approximate surface area is 265 Å². The number of hydrogen-bond donors (Lipinski definition) is 10. The zero-order valence-electron chi connectivity index (χ0n) is 26.7. The summed E-state index contributed by atoms with van der Waals surface area (Å²) in [4.78, 5) is 75.5. The van der Waals surface area contributed by atoms with Crippen molar-refractivity contribution >= 4 is 35.6 Å². The van der Waals surface area contributed by atoms with Gasteiger partial charge < -0.3 is 54.4 Å². The summed E-state index contributed by atoms with van der Waals surface area (Å²) in [5.41, 5.74) is 22.5. The third kappa shape index (κ3) is 17.7. The molecule has 0 radical (unpaired) electrons. The minimum Gasteiger partial charge on any atom is -0.481 e. The van der Waals surface area contributed by atoms with E-state index in [0.717, 1.165) is 0 Å². The largest absolute Gasteiger partial charge is 0.481 e. The van der Waals surface area contributed by atoms with Crippen LogP contribution in [0, 0.1) is 5.92 Å². The molecule has 0 fully saturated rings. The van der Waals surface area contributed by atoms with E-state index in [1.165, 1.54) is 0 Å². The maximum absolute atomic E-state index is 13.6. The van der Waals surface area contributed by atoms with Crippen molar-refractivity contribution in [1.82, 2.24) is 21.3 Å². The molecule has 0 aliphatic heterocycles. The van der Waals surface area contributed by atoms with Crippen molar-refractivity contribution in [3.05, 3.63) is 0 Å². The molecule has 16 nitrogen and oxygen atoms in total. The smallest absolute Gasteiger partial charge is 0.326 e. The average Bonchev–Trinajstić information content (AvgIpc) is 3.00. The van der Waals surface area contributed by atoms with Crippen LogP contribution >= 0.6 is 0 Å². The van der Waals surface area contributed by atoms with E-state index < -0.39 is 65.8 Å². The zero-order valence-corrected chi connectivity index (χ0v) is 26.7. The highest BCUT2D eigenvalue weighted by Gasteiger charge is 2.33. The molecule has 6 atom stereocenters. The molecule has 0 heterocycles. The molecule has 0 spiro atoms. The van der Waals surface area contributed by atoms with Crippen molar-refractivity contribution < 1.29 is 39.0 Å². The van der Waals surface area contributed by atoms with Gasteiger partial charge in [0.15, 0.2) is 0 Å². The second kappa shape index (κ2) is 24.0. The fourth-order valence-electron chi connectivity index (χ4n) is 4.45. The molecule has 0 aliphatic carbocycles. The summed E-state index contributed by atoms with van der Waals surface area (Å²) < 4.78 is 0. The normalized spacial score (nSPS) is 15.1. The fraction of sp³-hybridized carbons (Fsp3) is 0.793. The monoisotopic (exact) mass is 644 g/mol. The first-order valence-electron chi connectivity index (χ1n) is 15.8. The second-order valence-corrected chi connectivity index (χ2v) is 11.3. The fourth-order valence-corrected chi connectivity index (χ4v) is 4.45. The van der Waals surface area contributed by atoms with Crippen LogP contribution < -0.4 is 44.2 Å². The van der Waals surface area contributed by atoms with Crippen molar-refractivity contribution in [2.24, 2.45) is 28.9 Å². The quantitative estimate of drug-likeness (QED) is 0.0488. The van der Waals surface area contributed by atoms with Crippen LogP contribution in [-0.2, 0) is 28.8 Å². The summed E-state index contributed by atoms with van der Waals surface area (Å²) in [7, 11) is 0. The molecule has 0 saturated carbocycles. The summed E-state index contributed by atoms with van der Waals surface area (Å²) in [5, 5.41) is 29.0. The number of aliphatic carboxylic acids is 2. The van der Waals surface area contributed by atoms with E-state index in [9.17, 15) is 33.9 Å². The molecule has 16 heteroatoms. The van der Waals surface area contributed by atoms with Crippen LogP contribution in [0.25, 0.3) is 0 Å². The second-order valence-electron chi connectivity index (χ2n) is 11.3. The molecule has 0 aromatic heterocycles. The number of carboxylic acids is 2. The molecule has 4 amide bonds. The number of rotatable bonds is 26. The Morgan fingerprint density at radius 3 is 1.44 bits per heavy atom. The molecule has 0 aromatic carbocycles. The average molecular weight is 645 g/mol. The van der Waals surface area contributed by atoms with Gasteiger partial charge in [0.25, 0.3) is 0 Å². The van der Waals surface area contributed by atoms with Crippen LogP contribution in [0.15, 0.2) is 0 Å². The van der Waals surface area contributed by atoms with Gasteiger partial charge in [-0.25, -0.2) is 4.79 Å². The van der Waals surface area contributed by atoms with Gasteiger partial charge in [-0.3, -0.25) is 24.0 Å². The van der Waals surface area contributed by atoms with Gasteiger partial charge in [-0.2, -0.15) is 0 Å². The molecule has 0 unspecified atom stereocenters. The van der Waals surface area contributed by atoms with Gasteiger partial charge in [0.1, 0.15) is 24.2 Å². The number of hydrogen-bond acceptors (Lipinski definition) is 10. The summed E-state index contributed by atoms with van der Waals surface area (Å²) in [6, 6.07) is -5.58. The van der Waals surface area contributed by atoms with E-state index in [2.05, 4.69) is 21.3 Å². The minimum absolute atomic E-state index is 0.128. The van der Waals surface area contributed by atoms with Gasteiger partial charge in [-0.05, 0) is 89.8 Å². The van der Waals surface area contributed by atoms with Crippen LogP contribution in [0.5, 0.6) is 0 Å². The van der Waals surface area contributed by atoms with Gasteiger partial charge in [0, 0.05) is 6.42 Å². The topological polar surface area (TPSA) is 295 Å². The van der Waals surface area contributed by atoms with Crippen molar-refractivity contribution in [3.8, 4) is 0 Å². The highest BCUT2D eigenvalue weighted by Crippen LogP contribution is 2.12. The first-order valence-corrected chi connectivity index (χ1v) is 15.8. The number of unbranched alkanes of at least 4 members (excludes halogenated alkanes) is 3. The number of amides is 4. The maximum atomic E-state index is 13.6. The molecule has 14 N–H and O–H groups in total. The van der Waals surface area contributed by atoms with Gasteiger partial charge in [-0.1, -0.05) is 20.3 Å². The van der Waals surface area contributed by atoms with Gasteiger partial charge >= 0.3 is 11.9 Å². The number of nitrogens with two attached hydrogens (primary N) is 4. The summed E-state index contributed by atoms with van der Waals surface area (Å²) in [6.07, 6.45) is 3.77. The highest BCUT2D eigenvalue weighted by atomic mass is 16.4. The number of nitrogens with one attached hydrogen (secondary N) is 4. The standard InChI is InChI=1S/C29H56N8O8/c1-3-18(2)24(28(43)36-22(29(44)45)12-6-9-17-32)37-27(42)21(11-5-8-16-31)35-26(41)20(10-4-7-15-30)34-25(40)19(33)13-14-23(38)39/h18-22,24H,3-17,30-33H2,1-2H3,(H,34,40)(H,35,41)(H,36,43)(H,37,42)(H,38,39)(H,44,45)/t18-,19-,20-,21-,22-,24-/m0/s1.